The summed E-state index contributed by atoms with van der Waals surface area (Å²) in [7, 11) is 0. The summed E-state index contributed by atoms with van der Waals surface area (Å²) in [4.78, 5) is 8.31. The molecule has 2 aromatic rings. The second-order valence-corrected chi connectivity index (χ2v) is 6.38. The van der Waals surface area contributed by atoms with Crippen LogP contribution in [0.2, 0.25) is 0 Å². The molecular weight excluding hydrogens is 308 g/mol. The van der Waals surface area contributed by atoms with Gasteiger partial charge in [-0.2, -0.15) is 0 Å². The predicted octanol–water partition coefficient (Wildman–Crippen LogP) is 2.55. The van der Waals surface area contributed by atoms with E-state index >= 15 is 0 Å². The Morgan fingerprint density at radius 3 is 2.70 bits per heavy atom. The van der Waals surface area contributed by atoms with E-state index < -0.39 is 0 Å². The van der Waals surface area contributed by atoms with Gasteiger partial charge >= 0.3 is 0 Å². The van der Waals surface area contributed by atoms with Crippen molar-refractivity contribution in [3.8, 4) is 0 Å². The van der Waals surface area contributed by atoms with Crippen molar-refractivity contribution in [3.05, 3.63) is 52.7 Å². The van der Waals surface area contributed by atoms with Gasteiger partial charge in [0.05, 0.1) is 25.8 Å². The van der Waals surface area contributed by atoms with Crippen LogP contribution in [0.4, 0.5) is 5.69 Å². The maximum absolute atomic E-state index is 6.04. The minimum absolute atomic E-state index is 0.259. The number of morpholine rings is 1. The highest BCUT2D eigenvalue weighted by Gasteiger charge is 2.23. The van der Waals surface area contributed by atoms with E-state index in [1.165, 1.54) is 4.88 Å². The van der Waals surface area contributed by atoms with Crippen LogP contribution in [0.1, 0.15) is 10.9 Å². The fourth-order valence-corrected chi connectivity index (χ4v) is 3.50. The van der Waals surface area contributed by atoms with Gasteiger partial charge in [0.2, 0.25) is 0 Å². The lowest BCUT2D eigenvalue weighted by Gasteiger charge is -2.33. The number of guanidine groups is 1. The van der Waals surface area contributed by atoms with Gasteiger partial charge in [-0.15, -0.1) is 11.3 Å². The number of benzene rings is 1. The maximum atomic E-state index is 6.04. The molecular formula is C17H22N4OS. The van der Waals surface area contributed by atoms with Crippen LogP contribution < -0.4 is 11.1 Å². The van der Waals surface area contributed by atoms with Gasteiger partial charge in [0.1, 0.15) is 0 Å². The highest BCUT2D eigenvalue weighted by molar-refractivity contribution is 7.10. The van der Waals surface area contributed by atoms with E-state index in [0.717, 1.165) is 32.0 Å². The number of nitrogens with two attached hydrogens (primary N) is 1. The number of ether oxygens (including phenoxy) is 1. The molecule has 0 aliphatic carbocycles. The third kappa shape index (κ3) is 4.54. The van der Waals surface area contributed by atoms with Crippen molar-refractivity contribution in [2.45, 2.75) is 6.04 Å². The summed E-state index contributed by atoms with van der Waals surface area (Å²) in [5.41, 5.74) is 6.99. The first-order valence-corrected chi connectivity index (χ1v) is 8.68. The summed E-state index contributed by atoms with van der Waals surface area (Å²) < 4.78 is 5.46. The number of hydrogen-bond donors (Lipinski definition) is 2. The lowest BCUT2D eigenvalue weighted by atomic mass is 10.2. The molecule has 122 valence electrons. The van der Waals surface area contributed by atoms with Crippen molar-refractivity contribution in [1.29, 1.82) is 0 Å². The molecule has 1 atom stereocenters. The van der Waals surface area contributed by atoms with Gasteiger partial charge in [-0.3, -0.25) is 9.89 Å². The molecule has 2 heterocycles. The van der Waals surface area contributed by atoms with Crippen LogP contribution in [0.25, 0.3) is 0 Å². The van der Waals surface area contributed by atoms with Crippen molar-refractivity contribution in [2.75, 3.05) is 38.2 Å². The second-order valence-electron chi connectivity index (χ2n) is 5.40. The molecule has 1 aromatic heterocycles. The van der Waals surface area contributed by atoms with Crippen LogP contribution in [-0.4, -0.2) is 43.7 Å². The Hall–Kier alpha value is -1.89. The third-order valence-corrected chi connectivity index (χ3v) is 4.81. The smallest absolute Gasteiger partial charge is 0.193 e. The normalized spacial score (nSPS) is 17.8. The van der Waals surface area contributed by atoms with E-state index in [4.69, 9.17) is 10.5 Å². The van der Waals surface area contributed by atoms with E-state index in [9.17, 15) is 0 Å². The minimum Gasteiger partial charge on any atom is -0.379 e. The predicted molar refractivity (Wildman–Crippen MR) is 96.0 cm³/mol. The van der Waals surface area contributed by atoms with E-state index in [1.54, 1.807) is 11.3 Å². The number of nitrogens with one attached hydrogen (secondary N) is 1. The molecule has 1 saturated heterocycles. The molecule has 0 amide bonds. The molecule has 0 radical (unpaired) electrons. The topological polar surface area (TPSA) is 62.9 Å². The maximum Gasteiger partial charge on any atom is 0.193 e. The Kier molecular flexibility index (Phi) is 5.63. The molecule has 0 spiro atoms. The Morgan fingerprint density at radius 2 is 2.00 bits per heavy atom. The summed E-state index contributed by atoms with van der Waals surface area (Å²) >= 11 is 1.77. The molecule has 5 nitrogen and oxygen atoms in total. The van der Waals surface area contributed by atoms with Crippen molar-refractivity contribution < 1.29 is 4.74 Å². The molecule has 3 N–H and O–H groups in total. The lowest BCUT2D eigenvalue weighted by molar-refractivity contribution is 0.0187. The Labute approximate surface area is 140 Å². The summed E-state index contributed by atoms with van der Waals surface area (Å²) in [5, 5.41) is 5.24. The Morgan fingerprint density at radius 1 is 1.22 bits per heavy atom. The van der Waals surface area contributed by atoms with Crippen molar-refractivity contribution in [2.24, 2.45) is 10.7 Å². The van der Waals surface area contributed by atoms with E-state index in [0.29, 0.717) is 12.5 Å². The molecule has 1 fully saturated rings. The van der Waals surface area contributed by atoms with Crippen LogP contribution in [-0.2, 0) is 4.74 Å². The molecule has 6 heteroatoms. The molecule has 0 saturated carbocycles. The highest BCUT2D eigenvalue weighted by Crippen LogP contribution is 2.26. The quantitative estimate of drug-likeness (QED) is 0.653. The summed E-state index contributed by atoms with van der Waals surface area (Å²) in [6.45, 7) is 4.08. The van der Waals surface area contributed by atoms with Crippen LogP contribution in [0.3, 0.4) is 0 Å². The van der Waals surface area contributed by atoms with Crippen LogP contribution in [0.15, 0.2) is 52.8 Å². The van der Waals surface area contributed by atoms with Gasteiger partial charge < -0.3 is 15.8 Å². The van der Waals surface area contributed by atoms with Crippen molar-refractivity contribution in [3.63, 3.8) is 0 Å². The van der Waals surface area contributed by atoms with Crippen LogP contribution in [0.5, 0.6) is 0 Å². The first-order chi connectivity index (χ1) is 11.3. The molecule has 23 heavy (non-hydrogen) atoms. The molecule has 3 rings (SSSR count). The highest BCUT2D eigenvalue weighted by atomic mass is 32.1. The van der Waals surface area contributed by atoms with Gasteiger partial charge in [-0.1, -0.05) is 24.3 Å². The van der Waals surface area contributed by atoms with Gasteiger partial charge in [0.15, 0.2) is 5.96 Å². The average molecular weight is 330 g/mol. The number of anilines is 1. The zero-order chi connectivity index (χ0) is 15.9. The third-order valence-electron chi connectivity index (χ3n) is 3.84. The van der Waals surface area contributed by atoms with E-state index in [-0.39, 0.29) is 6.04 Å². The number of hydrogen-bond acceptors (Lipinski definition) is 4. The number of thiophene rings is 1. The van der Waals surface area contributed by atoms with Gasteiger partial charge in [0, 0.05) is 23.7 Å². The minimum atomic E-state index is 0.259. The number of para-hydroxylation sites is 1. The molecule has 1 unspecified atom stereocenters. The van der Waals surface area contributed by atoms with Gasteiger partial charge in [-0.25, -0.2) is 0 Å². The van der Waals surface area contributed by atoms with Gasteiger partial charge in [0.25, 0.3) is 0 Å². The van der Waals surface area contributed by atoms with E-state index in [2.05, 4.69) is 32.7 Å². The van der Waals surface area contributed by atoms with Crippen molar-refractivity contribution >= 4 is 23.0 Å². The van der Waals surface area contributed by atoms with Gasteiger partial charge in [-0.05, 0) is 23.6 Å². The van der Waals surface area contributed by atoms with Crippen LogP contribution >= 0.6 is 11.3 Å². The SMILES string of the molecule is NC(=NCC(c1cccs1)N1CCOCC1)Nc1ccccc1. The fourth-order valence-electron chi connectivity index (χ4n) is 2.65. The number of rotatable bonds is 5. The molecule has 0 bridgehead atoms. The Bertz CT molecular complexity index is 609. The van der Waals surface area contributed by atoms with Crippen LogP contribution in [0, 0.1) is 0 Å². The fraction of sp³-hybridized carbons (Fsp3) is 0.353. The van der Waals surface area contributed by atoms with Crippen molar-refractivity contribution in [1.82, 2.24) is 4.90 Å². The zero-order valence-corrected chi connectivity index (χ0v) is 13.8. The first-order valence-electron chi connectivity index (χ1n) is 7.80. The second kappa shape index (κ2) is 8.10. The monoisotopic (exact) mass is 330 g/mol. The van der Waals surface area contributed by atoms with E-state index in [1.807, 2.05) is 30.3 Å². The largest absolute Gasteiger partial charge is 0.379 e. The summed E-state index contributed by atoms with van der Waals surface area (Å²) in [6.07, 6.45) is 0. The Balaban J connectivity index is 1.67. The summed E-state index contributed by atoms with van der Waals surface area (Å²) in [5.74, 6) is 0.450. The molecule has 1 aromatic carbocycles. The molecule has 1 aliphatic rings. The molecule has 1 aliphatic heterocycles. The number of nitrogens with zero attached hydrogens (tertiary/aromatic N) is 2. The number of aliphatic imine (C=N–C) groups is 1. The summed E-state index contributed by atoms with van der Waals surface area (Å²) in [6, 6.07) is 14.4. The zero-order valence-electron chi connectivity index (χ0n) is 13.0. The lowest BCUT2D eigenvalue weighted by Crippen LogP contribution is -2.40. The standard InChI is InChI=1S/C17H22N4OS/c18-17(20-14-5-2-1-3-6-14)19-13-15(16-7-4-12-23-16)21-8-10-22-11-9-21/h1-7,12,15H,8-11,13H2,(H3,18,19,20). The first kappa shape index (κ1) is 16.0. The average Bonchev–Trinajstić information content (AvgIpc) is 3.11.